The Bertz CT molecular complexity index is 1210. The van der Waals surface area contributed by atoms with Crippen LogP contribution in [0, 0.1) is 12.3 Å². The molecule has 2 aromatic heterocycles. The maximum Gasteiger partial charge on any atom is 0.410 e. The minimum Gasteiger partial charge on any atom is -0.507 e. The highest BCUT2D eigenvalue weighted by molar-refractivity contribution is 5.83. The number of rotatable bonds is 2. The van der Waals surface area contributed by atoms with Gasteiger partial charge in [0.1, 0.15) is 16.9 Å². The van der Waals surface area contributed by atoms with E-state index in [1.807, 2.05) is 52.0 Å². The third-order valence-corrected chi connectivity index (χ3v) is 6.01. The number of pyridine rings is 1. The van der Waals surface area contributed by atoms with Crippen LogP contribution in [0.25, 0.3) is 22.3 Å². The largest absolute Gasteiger partial charge is 0.507 e. The van der Waals surface area contributed by atoms with E-state index in [4.69, 9.17) is 9.72 Å². The van der Waals surface area contributed by atoms with Gasteiger partial charge in [0.2, 0.25) is 0 Å². The van der Waals surface area contributed by atoms with Gasteiger partial charge in [-0.3, -0.25) is 0 Å². The molecule has 0 aliphatic carbocycles. The predicted octanol–water partition coefficient (Wildman–Crippen LogP) is 3.76. The number of carbonyl (C=O) groups excluding carboxylic acids is 1. The Morgan fingerprint density at radius 1 is 1.06 bits per heavy atom. The number of para-hydroxylation sites is 1. The molecular weight excluding hydrogens is 406 g/mol. The number of hydrogen-bond donors (Lipinski definition) is 1. The number of fused-ring (bicyclic) bond motifs is 1. The molecule has 0 unspecified atom stereocenters. The number of nitrogens with zero attached hydrogens (tertiary/aromatic N) is 5. The summed E-state index contributed by atoms with van der Waals surface area (Å²) in [6.07, 6.45) is -0.236. The highest BCUT2D eigenvalue weighted by atomic mass is 16.6. The summed E-state index contributed by atoms with van der Waals surface area (Å²) in [5.41, 5.74) is 4.32. The molecule has 8 heteroatoms. The number of carbonyl (C=O) groups is 1. The molecule has 32 heavy (non-hydrogen) atoms. The second kappa shape index (κ2) is 7.05. The minimum absolute atomic E-state index is 0.138. The summed E-state index contributed by atoms with van der Waals surface area (Å²) in [5, 5.41) is 18.8. The van der Waals surface area contributed by atoms with E-state index in [0.29, 0.717) is 11.3 Å². The van der Waals surface area contributed by atoms with Gasteiger partial charge in [0.25, 0.3) is 0 Å². The molecule has 0 radical (unpaired) electrons. The Morgan fingerprint density at radius 3 is 2.47 bits per heavy atom. The molecule has 0 atom stereocenters. The average molecular weight is 434 g/mol. The van der Waals surface area contributed by atoms with Crippen molar-refractivity contribution in [2.24, 2.45) is 5.41 Å². The molecule has 8 nitrogen and oxygen atoms in total. The molecule has 1 aromatic carbocycles. The second-order valence-corrected chi connectivity index (χ2v) is 9.94. The molecule has 1 amide bonds. The SMILES string of the molecule is Cc1nc2cc(-c3ccccc3O)nnc2cc1N1CC2(CN(C(=O)OC(C)(C)C)C2)C1. The molecule has 4 heterocycles. The van der Waals surface area contributed by atoms with Crippen LogP contribution in [-0.4, -0.2) is 63.1 Å². The standard InChI is InChI=1S/C24H27N5O3/c1-15-20(28-11-24(12-28)13-29(14-24)22(31)32-23(2,3)4)10-19-18(25-15)9-17(26-27-19)16-7-5-6-8-21(16)30/h5-10,30H,11-14H2,1-4H3. The van der Waals surface area contributed by atoms with Crippen LogP contribution in [0.3, 0.4) is 0 Å². The summed E-state index contributed by atoms with van der Waals surface area (Å²) in [6, 6.07) is 11.0. The zero-order chi connectivity index (χ0) is 22.7. The third-order valence-electron chi connectivity index (χ3n) is 6.01. The first-order valence-corrected chi connectivity index (χ1v) is 10.8. The van der Waals surface area contributed by atoms with Gasteiger partial charge in [-0.1, -0.05) is 12.1 Å². The van der Waals surface area contributed by atoms with Crippen LogP contribution in [0.4, 0.5) is 10.5 Å². The number of ether oxygens (including phenoxy) is 1. The first-order valence-electron chi connectivity index (χ1n) is 10.8. The van der Waals surface area contributed by atoms with E-state index in [2.05, 4.69) is 15.1 Å². The van der Waals surface area contributed by atoms with E-state index in [0.717, 1.165) is 48.6 Å². The normalized spacial score (nSPS) is 17.2. The summed E-state index contributed by atoms with van der Waals surface area (Å²) in [7, 11) is 0. The van der Waals surface area contributed by atoms with Gasteiger partial charge in [-0.2, -0.15) is 0 Å². The van der Waals surface area contributed by atoms with E-state index in [1.165, 1.54) is 0 Å². The van der Waals surface area contributed by atoms with Gasteiger partial charge in [-0.25, -0.2) is 9.78 Å². The second-order valence-electron chi connectivity index (χ2n) is 9.94. The van der Waals surface area contributed by atoms with Crippen molar-refractivity contribution >= 4 is 22.8 Å². The lowest BCUT2D eigenvalue weighted by molar-refractivity contribution is -0.0453. The van der Waals surface area contributed by atoms with Gasteiger partial charge in [-0.05, 0) is 52.0 Å². The number of aromatic nitrogens is 3. The average Bonchev–Trinajstić information content (AvgIpc) is 2.64. The molecule has 1 spiro atoms. The number of phenols is 1. The van der Waals surface area contributed by atoms with Crippen molar-refractivity contribution in [2.45, 2.75) is 33.3 Å². The van der Waals surface area contributed by atoms with Crippen molar-refractivity contribution in [3.8, 4) is 17.0 Å². The van der Waals surface area contributed by atoms with Gasteiger partial charge in [0.05, 0.1) is 22.6 Å². The van der Waals surface area contributed by atoms with Crippen molar-refractivity contribution in [3.05, 3.63) is 42.1 Å². The van der Waals surface area contributed by atoms with Crippen LogP contribution in [0.5, 0.6) is 5.75 Å². The smallest absolute Gasteiger partial charge is 0.410 e. The molecule has 2 fully saturated rings. The first kappa shape index (κ1) is 20.5. The molecule has 0 saturated carbocycles. The number of hydrogen-bond acceptors (Lipinski definition) is 7. The maximum absolute atomic E-state index is 12.2. The topological polar surface area (TPSA) is 91.7 Å². The Balaban J connectivity index is 1.29. The molecule has 3 aromatic rings. The number of anilines is 1. The molecule has 2 aliphatic heterocycles. The van der Waals surface area contributed by atoms with Crippen LogP contribution in [0.2, 0.25) is 0 Å². The van der Waals surface area contributed by atoms with Crippen molar-refractivity contribution in [1.82, 2.24) is 20.1 Å². The zero-order valence-electron chi connectivity index (χ0n) is 18.8. The molecule has 2 saturated heterocycles. The monoisotopic (exact) mass is 433 g/mol. The van der Waals surface area contributed by atoms with Crippen LogP contribution < -0.4 is 4.90 Å². The Labute approximate surface area is 186 Å². The Morgan fingerprint density at radius 2 is 1.78 bits per heavy atom. The fourth-order valence-electron chi connectivity index (χ4n) is 4.55. The minimum atomic E-state index is -0.473. The number of phenolic OH excluding ortho intramolecular Hbond substituents is 1. The van der Waals surface area contributed by atoms with Crippen molar-refractivity contribution < 1.29 is 14.6 Å². The number of aryl methyl sites for hydroxylation is 1. The molecular formula is C24H27N5O3. The quantitative estimate of drug-likeness (QED) is 0.658. The maximum atomic E-state index is 12.2. The molecule has 166 valence electrons. The Hall–Kier alpha value is -3.42. The van der Waals surface area contributed by atoms with Crippen LogP contribution in [0.1, 0.15) is 26.5 Å². The van der Waals surface area contributed by atoms with Crippen LogP contribution >= 0.6 is 0 Å². The van der Waals surface area contributed by atoms with E-state index in [9.17, 15) is 9.90 Å². The van der Waals surface area contributed by atoms with Crippen molar-refractivity contribution in [2.75, 3.05) is 31.1 Å². The van der Waals surface area contributed by atoms with E-state index >= 15 is 0 Å². The van der Waals surface area contributed by atoms with Gasteiger partial charge < -0.3 is 19.6 Å². The third kappa shape index (κ3) is 3.59. The van der Waals surface area contributed by atoms with E-state index < -0.39 is 5.60 Å². The highest BCUT2D eigenvalue weighted by Gasteiger charge is 2.54. The summed E-state index contributed by atoms with van der Waals surface area (Å²) in [5.74, 6) is 0.168. The van der Waals surface area contributed by atoms with Gasteiger partial charge in [-0.15, -0.1) is 10.2 Å². The van der Waals surface area contributed by atoms with E-state index in [1.54, 1.807) is 17.0 Å². The van der Waals surface area contributed by atoms with Crippen molar-refractivity contribution in [3.63, 3.8) is 0 Å². The summed E-state index contributed by atoms with van der Waals surface area (Å²) in [6.45, 7) is 10.9. The first-order chi connectivity index (χ1) is 15.1. The van der Waals surface area contributed by atoms with Gasteiger partial charge in [0.15, 0.2) is 0 Å². The summed E-state index contributed by atoms with van der Waals surface area (Å²) in [4.78, 5) is 21.0. The lowest BCUT2D eigenvalue weighted by Crippen LogP contribution is -2.73. The Kier molecular flexibility index (Phi) is 4.51. The molecule has 0 bridgehead atoms. The number of amides is 1. The van der Waals surface area contributed by atoms with E-state index in [-0.39, 0.29) is 17.3 Å². The predicted molar refractivity (Wildman–Crippen MR) is 122 cm³/mol. The number of likely N-dealkylation sites (tertiary alicyclic amines) is 1. The van der Waals surface area contributed by atoms with Gasteiger partial charge in [0, 0.05) is 37.2 Å². The van der Waals surface area contributed by atoms with Crippen LogP contribution in [-0.2, 0) is 4.74 Å². The lowest BCUT2D eigenvalue weighted by Gasteiger charge is -2.60. The highest BCUT2D eigenvalue weighted by Crippen LogP contribution is 2.43. The van der Waals surface area contributed by atoms with Crippen LogP contribution in [0.15, 0.2) is 36.4 Å². The molecule has 1 N–H and O–H groups in total. The fraction of sp³-hybridized carbons (Fsp3) is 0.417. The number of aromatic hydroxyl groups is 1. The fourth-order valence-corrected chi connectivity index (χ4v) is 4.55. The van der Waals surface area contributed by atoms with Crippen molar-refractivity contribution in [1.29, 1.82) is 0 Å². The lowest BCUT2D eigenvalue weighted by atomic mass is 9.72. The summed E-state index contributed by atoms with van der Waals surface area (Å²) >= 11 is 0. The van der Waals surface area contributed by atoms with Gasteiger partial charge >= 0.3 is 6.09 Å². The zero-order valence-corrected chi connectivity index (χ0v) is 18.8. The molecule has 2 aliphatic rings. The number of benzene rings is 1. The molecule has 5 rings (SSSR count). The summed E-state index contributed by atoms with van der Waals surface area (Å²) < 4.78 is 5.46.